The molecule has 1 unspecified atom stereocenters. The van der Waals surface area contributed by atoms with Gasteiger partial charge in [-0.1, -0.05) is 6.08 Å². The second-order valence-electron chi connectivity index (χ2n) is 6.63. The summed E-state index contributed by atoms with van der Waals surface area (Å²) in [5.41, 5.74) is 0. The number of carbonyl (C=O) groups excluding carboxylic acids is 1. The van der Waals surface area contributed by atoms with Crippen LogP contribution in [-0.4, -0.2) is 22.6 Å². The van der Waals surface area contributed by atoms with E-state index in [9.17, 15) is 4.79 Å². The largest absolute Gasteiger partial charge is 0.465 e. The maximum Gasteiger partial charge on any atom is 0.322 e. The van der Waals surface area contributed by atoms with Gasteiger partial charge < -0.3 is 4.74 Å². The maximum atomic E-state index is 12.0. The van der Waals surface area contributed by atoms with E-state index in [1.54, 1.807) is 6.08 Å². The average Bonchev–Trinajstić information content (AvgIpc) is 2.34. The summed E-state index contributed by atoms with van der Waals surface area (Å²) in [7, 11) is 0. The van der Waals surface area contributed by atoms with Crippen LogP contribution in [0.2, 0.25) is 0 Å². The minimum absolute atomic E-state index is 0.0988. The Hall–Kier alpha value is -0.440. The van der Waals surface area contributed by atoms with Crippen molar-refractivity contribution in [3.63, 3.8) is 0 Å². The first kappa shape index (κ1) is 13.5. The normalized spacial score (nSPS) is 41.0. The van der Waals surface area contributed by atoms with E-state index in [-0.39, 0.29) is 11.2 Å². The molecule has 4 fully saturated rings. The number of esters is 1. The van der Waals surface area contributed by atoms with Gasteiger partial charge in [-0.25, -0.2) is 0 Å². The Labute approximate surface area is 120 Å². The molecule has 4 bridgehead atoms. The molecule has 0 aromatic heterocycles. The highest BCUT2D eigenvalue weighted by Crippen LogP contribution is 2.61. The first-order valence-electron chi connectivity index (χ1n) is 7.61. The van der Waals surface area contributed by atoms with Crippen molar-refractivity contribution >= 4 is 17.7 Å². The van der Waals surface area contributed by atoms with Crippen LogP contribution in [0.5, 0.6) is 0 Å². The monoisotopic (exact) mass is 280 g/mol. The van der Waals surface area contributed by atoms with Gasteiger partial charge in [0.15, 0.2) is 0 Å². The predicted octanol–water partition coefficient (Wildman–Crippen LogP) is 3.81. The summed E-state index contributed by atoms with van der Waals surface area (Å²) in [6, 6.07) is 0. The van der Waals surface area contributed by atoms with E-state index in [2.05, 4.69) is 6.58 Å². The molecule has 0 radical (unpaired) electrons. The van der Waals surface area contributed by atoms with E-state index in [1.165, 1.54) is 38.5 Å². The molecule has 106 valence electrons. The second kappa shape index (κ2) is 5.16. The van der Waals surface area contributed by atoms with Gasteiger partial charge in [-0.2, -0.15) is 0 Å². The van der Waals surface area contributed by atoms with Crippen LogP contribution in [0.1, 0.15) is 45.4 Å². The van der Waals surface area contributed by atoms with E-state index in [0.29, 0.717) is 11.4 Å². The van der Waals surface area contributed by atoms with Crippen LogP contribution in [0.3, 0.4) is 0 Å². The van der Waals surface area contributed by atoms with Crippen LogP contribution in [0.25, 0.3) is 0 Å². The highest BCUT2D eigenvalue weighted by Gasteiger charge is 2.52. The van der Waals surface area contributed by atoms with E-state index < -0.39 is 0 Å². The van der Waals surface area contributed by atoms with Crippen LogP contribution in [0, 0.1) is 17.8 Å². The zero-order chi connectivity index (χ0) is 13.5. The Balaban J connectivity index is 1.71. The van der Waals surface area contributed by atoms with Crippen molar-refractivity contribution in [2.45, 2.75) is 55.4 Å². The SMILES string of the molecule is C=CC(SC12CC3CC(CC(C3)C1)C2)C(=O)OCC. The van der Waals surface area contributed by atoms with Crippen LogP contribution in [0.15, 0.2) is 12.7 Å². The molecule has 0 N–H and O–H groups in total. The van der Waals surface area contributed by atoms with Gasteiger partial charge in [-0.15, -0.1) is 18.3 Å². The highest BCUT2D eigenvalue weighted by atomic mass is 32.2. The van der Waals surface area contributed by atoms with E-state index >= 15 is 0 Å². The molecule has 3 heteroatoms. The van der Waals surface area contributed by atoms with E-state index in [4.69, 9.17) is 4.74 Å². The lowest BCUT2D eigenvalue weighted by atomic mass is 9.56. The van der Waals surface area contributed by atoms with Crippen LogP contribution in [-0.2, 0) is 9.53 Å². The Bertz CT molecular complexity index is 342. The average molecular weight is 280 g/mol. The minimum Gasteiger partial charge on any atom is -0.465 e. The Morgan fingerprint density at radius 2 is 1.84 bits per heavy atom. The molecule has 4 rings (SSSR count). The molecule has 4 aliphatic rings. The molecule has 0 aromatic rings. The second-order valence-corrected chi connectivity index (χ2v) is 8.24. The van der Waals surface area contributed by atoms with Gasteiger partial charge >= 0.3 is 5.97 Å². The molecule has 4 saturated carbocycles. The lowest BCUT2D eigenvalue weighted by molar-refractivity contribution is -0.141. The van der Waals surface area contributed by atoms with Crippen molar-refractivity contribution in [1.82, 2.24) is 0 Å². The molecule has 2 nitrogen and oxygen atoms in total. The lowest BCUT2D eigenvalue weighted by Gasteiger charge is -2.56. The fourth-order valence-electron chi connectivity index (χ4n) is 4.86. The van der Waals surface area contributed by atoms with Gasteiger partial charge in [0.05, 0.1) is 6.61 Å². The number of ether oxygens (including phenoxy) is 1. The Morgan fingerprint density at radius 1 is 1.32 bits per heavy atom. The van der Waals surface area contributed by atoms with Crippen molar-refractivity contribution in [3.05, 3.63) is 12.7 Å². The third-order valence-electron chi connectivity index (χ3n) is 5.09. The zero-order valence-corrected chi connectivity index (χ0v) is 12.6. The third-order valence-corrected chi connectivity index (χ3v) is 6.73. The number of carbonyl (C=O) groups is 1. The standard InChI is InChI=1S/C16H24O2S/c1-3-14(15(17)18-4-2)19-16-8-11-5-12(9-16)7-13(6-11)10-16/h3,11-14H,1,4-10H2,2H3. The van der Waals surface area contributed by atoms with Gasteiger partial charge in [0.1, 0.15) is 5.25 Å². The van der Waals surface area contributed by atoms with Crippen molar-refractivity contribution in [3.8, 4) is 0 Å². The van der Waals surface area contributed by atoms with Gasteiger partial charge in [-0.05, 0) is 63.2 Å². The predicted molar refractivity (Wildman–Crippen MR) is 79.1 cm³/mol. The van der Waals surface area contributed by atoms with E-state index in [0.717, 1.165) is 17.8 Å². The lowest BCUT2D eigenvalue weighted by Crippen LogP contribution is -2.49. The molecule has 0 spiro atoms. The quantitative estimate of drug-likeness (QED) is 0.566. The fraction of sp³-hybridized carbons (Fsp3) is 0.812. The molecule has 4 aliphatic carbocycles. The van der Waals surface area contributed by atoms with Crippen molar-refractivity contribution in [2.75, 3.05) is 6.61 Å². The first-order valence-corrected chi connectivity index (χ1v) is 8.49. The molecular formula is C16H24O2S. The molecule has 0 aliphatic heterocycles. The van der Waals surface area contributed by atoms with Gasteiger partial charge in [-0.3, -0.25) is 4.79 Å². The zero-order valence-electron chi connectivity index (χ0n) is 11.8. The number of rotatable bonds is 5. The van der Waals surface area contributed by atoms with Crippen molar-refractivity contribution in [1.29, 1.82) is 0 Å². The topological polar surface area (TPSA) is 26.3 Å². The smallest absolute Gasteiger partial charge is 0.322 e. The fourth-order valence-corrected chi connectivity index (χ4v) is 6.66. The third kappa shape index (κ3) is 2.58. The summed E-state index contributed by atoms with van der Waals surface area (Å²) >= 11 is 1.86. The summed E-state index contributed by atoms with van der Waals surface area (Å²) in [5.74, 6) is 2.67. The van der Waals surface area contributed by atoms with Gasteiger partial charge in [0, 0.05) is 4.75 Å². The summed E-state index contributed by atoms with van der Waals surface area (Å²) in [6.07, 6.45) is 10.0. The summed E-state index contributed by atoms with van der Waals surface area (Å²) in [6.45, 7) is 6.17. The first-order chi connectivity index (χ1) is 9.14. The van der Waals surface area contributed by atoms with Crippen LogP contribution >= 0.6 is 11.8 Å². The molecule has 0 aromatic carbocycles. The number of thioether (sulfide) groups is 1. The van der Waals surface area contributed by atoms with Gasteiger partial charge in [0.2, 0.25) is 0 Å². The maximum absolute atomic E-state index is 12.0. The van der Waals surface area contributed by atoms with Crippen molar-refractivity contribution in [2.24, 2.45) is 17.8 Å². The van der Waals surface area contributed by atoms with Crippen molar-refractivity contribution < 1.29 is 9.53 Å². The highest BCUT2D eigenvalue weighted by molar-refractivity contribution is 8.02. The van der Waals surface area contributed by atoms with Crippen LogP contribution in [0.4, 0.5) is 0 Å². The Kier molecular flexibility index (Phi) is 3.67. The summed E-state index contributed by atoms with van der Waals surface area (Å²) in [4.78, 5) is 12.0. The minimum atomic E-state index is -0.170. The number of hydrogen-bond acceptors (Lipinski definition) is 3. The molecule has 0 heterocycles. The summed E-state index contributed by atoms with van der Waals surface area (Å²) < 4.78 is 5.53. The summed E-state index contributed by atoms with van der Waals surface area (Å²) in [5, 5.41) is -0.170. The van der Waals surface area contributed by atoms with Crippen LogP contribution < -0.4 is 0 Å². The van der Waals surface area contributed by atoms with E-state index in [1.807, 2.05) is 18.7 Å². The van der Waals surface area contributed by atoms with Gasteiger partial charge in [0.25, 0.3) is 0 Å². The molecule has 1 atom stereocenters. The Morgan fingerprint density at radius 3 is 2.26 bits per heavy atom. The molecular weight excluding hydrogens is 256 g/mol. The number of hydrogen-bond donors (Lipinski definition) is 0. The molecule has 0 amide bonds. The molecule has 19 heavy (non-hydrogen) atoms. The molecule has 0 saturated heterocycles.